The molecule has 2 heterocycles. The van der Waals surface area contributed by atoms with Crippen LogP contribution in [0.2, 0.25) is 0 Å². The molecule has 0 atom stereocenters. The minimum absolute atomic E-state index is 0.0501. The van der Waals surface area contributed by atoms with Gasteiger partial charge in [0.25, 0.3) is 0 Å². The van der Waals surface area contributed by atoms with Crippen LogP contribution in [0.4, 0.5) is 9.18 Å². The maximum atomic E-state index is 12.9. The predicted octanol–water partition coefficient (Wildman–Crippen LogP) is 1.81. The number of benzene rings is 1. The molecular weight excluding hydrogens is 287 g/mol. The van der Waals surface area contributed by atoms with Crippen molar-refractivity contribution in [3.63, 3.8) is 0 Å². The van der Waals surface area contributed by atoms with Crippen molar-refractivity contribution in [2.75, 3.05) is 26.2 Å². The van der Waals surface area contributed by atoms with E-state index in [-0.39, 0.29) is 30.3 Å². The molecule has 1 aromatic carbocycles. The average molecular weight is 306 g/mol. The second-order valence-corrected chi connectivity index (χ2v) is 5.72. The highest BCUT2D eigenvalue weighted by Crippen LogP contribution is 2.20. The Balaban J connectivity index is 1.51. The van der Waals surface area contributed by atoms with Gasteiger partial charge in [-0.3, -0.25) is 4.79 Å². The van der Waals surface area contributed by atoms with E-state index in [4.69, 9.17) is 4.74 Å². The van der Waals surface area contributed by atoms with Gasteiger partial charge in [-0.15, -0.1) is 0 Å². The molecule has 2 amide bonds. The van der Waals surface area contributed by atoms with Gasteiger partial charge in [-0.1, -0.05) is 12.1 Å². The third-order valence-electron chi connectivity index (χ3n) is 4.32. The summed E-state index contributed by atoms with van der Waals surface area (Å²) in [6, 6.07) is 6.19. The molecule has 6 heteroatoms. The van der Waals surface area contributed by atoms with E-state index in [9.17, 15) is 14.0 Å². The van der Waals surface area contributed by atoms with Crippen molar-refractivity contribution in [2.45, 2.75) is 25.3 Å². The van der Waals surface area contributed by atoms with Crippen LogP contribution in [0, 0.1) is 5.82 Å². The highest BCUT2D eigenvalue weighted by atomic mass is 19.1. The van der Waals surface area contributed by atoms with Crippen LogP contribution in [0.5, 0.6) is 0 Å². The van der Waals surface area contributed by atoms with Gasteiger partial charge in [0.1, 0.15) is 12.4 Å². The standard InChI is InChI=1S/C16H19FN2O3/c17-13-3-1-12(2-4-13)11-15(20)18-7-5-14(6-8-18)19-9-10-22-16(19)21/h1-4,14H,5-11H2. The van der Waals surface area contributed by atoms with E-state index in [2.05, 4.69) is 0 Å². The number of ether oxygens (including phenoxy) is 1. The third kappa shape index (κ3) is 3.21. The fourth-order valence-electron chi connectivity index (χ4n) is 3.05. The topological polar surface area (TPSA) is 49.9 Å². The summed E-state index contributed by atoms with van der Waals surface area (Å²) >= 11 is 0. The minimum atomic E-state index is -0.297. The first-order chi connectivity index (χ1) is 10.6. The van der Waals surface area contributed by atoms with Gasteiger partial charge in [-0.2, -0.15) is 0 Å². The van der Waals surface area contributed by atoms with Crippen molar-refractivity contribution in [2.24, 2.45) is 0 Å². The smallest absolute Gasteiger partial charge is 0.410 e. The first kappa shape index (κ1) is 14.8. The van der Waals surface area contributed by atoms with E-state index in [0.717, 1.165) is 18.4 Å². The molecule has 0 N–H and O–H groups in total. The molecule has 0 aliphatic carbocycles. The van der Waals surface area contributed by atoms with Gasteiger partial charge >= 0.3 is 6.09 Å². The van der Waals surface area contributed by atoms with Crippen LogP contribution in [0.3, 0.4) is 0 Å². The van der Waals surface area contributed by atoms with Gasteiger partial charge in [0.2, 0.25) is 5.91 Å². The van der Waals surface area contributed by atoms with Gasteiger partial charge in [0.15, 0.2) is 0 Å². The Morgan fingerprint density at radius 2 is 1.86 bits per heavy atom. The lowest BCUT2D eigenvalue weighted by atomic mass is 10.0. The number of hydrogen-bond donors (Lipinski definition) is 0. The van der Waals surface area contributed by atoms with Crippen LogP contribution in [-0.4, -0.2) is 54.1 Å². The molecule has 0 aromatic heterocycles. The van der Waals surface area contributed by atoms with E-state index in [1.54, 1.807) is 17.0 Å². The zero-order valence-electron chi connectivity index (χ0n) is 12.3. The Bertz CT molecular complexity index is 553. The van der Waals surface area contributed by atoms with E-state index >= 15 is 0 Å². The molecule has 5 nitrogen and oxygen atoms in total. The fourth-order valence-corrected chi connectivity index (χ4v) is 3.05. The van der Waals surface area contributed by atoms with E-state index in [0.29, 0.717) is 26.2 Å². The summed E-state index contributed by atoms with van der Waals surface area (Å²) in [6.45, 7) is 2.40. The molecule has 3 rings (SSSR count). The maximum Gasteiger partial charge on any atom is 0.410 e. The Morgan fingerprint density at radius 3 is 2.45 bits per heavy atom. The van der Waals surface area contributed by atoms with Crippen molar-refractivity contribution in [3.8, 4) is 0 Å². The summed E-state index contributed by atoms with van der Waals surface area (Å²) in [4.78, 5) is 27.4. The monoisotopic (exact) mass is 306 g/mol. The molecule has 2 saturated heterocycles. The normalized spacial score (nSPS) is 19.4. The van der Waals surface area contributed by atoms with Gasteiger partial charge in [0.05, 0.1) is 13.0 Å². The molecule has 1 aromatic rings. The number of hydrogen-bond acceptors (Lipinski definition) is 3. The summed E-state index contributed by atoms with van der Waals surface area (Å²) < 4.78 is 17.8. The number of carbonyl (C=O) groups excluding carboxylic acids is 2. The SMILES string of the molecule is O=C(Cc1ccc(F)cc1)N1CCC(N2CCOC2=O)CC1. The van der Waals surface area contributed by atoms with Crippen LogP contribution < -0.4 is 0 Å². The number of piperidine rings is 1. The van der Waals surface area contributed by atoms with E-state index < -0.39 is 0 Å². The van der Waals surface area contributed by atoms with Gasteiger partial charge in [0, 0.05) is 19.1 Å². The summed E-state index contributed by atoms with van der Waals surface area (Å²) in [5, 5.41) is 0. The first-order valence-corrected chi connectivity index (χ1v) is 7.59. The zero-order valence-corrected chi connectivity index (χ0v) is 12.3. The summed E-state index contributed by atoms with van der Waals surface area (Å²) in [6.07, 6.45) is 1.61. The number of rotatable bonds is 3. The number of amides is 2. The summed E-state index contributed by atoms with van der Waals surface area (Å²) in [5.41, 5.74) is 0.816. The quantitative estimate of drug-likeness (QED) is 0.856. The number of halogens is 1. The van der Waals surface area contributed by atoms with Crippen LogP contribution in [0.15, 0.2) is 24.3 Å². The Hall–Kier alpha value is -2.11. The lowest BCUT2D eigenvalue weighted by molar-refractivity contribution is -0.131. The average Bonchev–Trinajstić information content (AvgIpc) is 2.96. The lowest BCUT2D eigenvalue weighted by Gasteiger charge is -2.35. The molecule has 0 bridgehead atoms. The second kappa shape index (κ2) is 6.34. The molecule has 0 spiro atoms. The summed E-state index contributed by atoms with van der Waals surface area (Å²) in [7, 11) is 0. The van der Waals surface area contributed by atoms with Crippen molar-refractivity contribution in [3.05, 3.63) is 35.6 Å². The Morgan fingerprint density at radius 1 is 1.18 bits per heavy atom. The van der Waals surface area contributed by atoms with Crippen molar-refractivity contribution in [1.82, 2.24) is 9.80 Å². The molecular formula is C16H19FN2O3. The molecule has 0 radical (unpaired) electrons. The van der Waals surface area contributed by atoms with Crippen molar-refractivity contribution >= 4 is 12.0 Å². The van der Waals surface area contributed by atoms with Crippen molar-refractivity contribution in [1.29, 1.82) is 0 Å². The first-order valence-electron chi connectivity index (χ1n) is 7.59. The van der Waals surface area contributed by atoms with Crippen LogP contribution in [0.1, 0.15) is 18.4 Å². The van der Waals surface area contributed by atoms with Crippen LogP contribution in [0.25, 0.3) is 0 Å². The van der Waals surface area contributed by atoms with E-state index in [1.807, 2.05) is 4.90 Å². The molecule has 0 unspecified atom stereocenters. The molecule has 118 valence electrons. The van der Waals surface area contributed by atoms with Gasteiger partial charge in [-0.25, -0.2) is 9.18 Å². The van der Waals surface area contributed by atoms with Crippen LogP contribution in [-0.2, 0) is 16.0 Å². The van der Waals surface area contributed by atoms with Gasteiger partial charge in [-0.05, 0) is 30.5 Å². The largest absolute Gasteiger partial charge is 0.448 e. The zero-order chi connectivity index (χ0) is 15.5. The number of carbonyl (C=O) groups is 2. The van der Waals surface area contributed by atoms with E-state index in [1.165, 1.54) is 12.1 Å². The predicted molar refractivity (Wildman–Crippen MR) is 77.8 cm³/mol. The minimum Gasteiger partial charge on any atom is -0.448 e. The number of nitrogens with zero attached hydrogens (tertiary/aromatic N) is 2. The highest BCUT2D eigenvalue weighted by molar-refractivity contribution is 5.79. The Labute approximate surface area is 128 Å². The maximum absolute atomic E-state index is 12.9. The number of cyclic esters (lactones) is 1. The molecule has 22 heavy (non-hydrogen) atoms. The number of likely N-dealkylation sites (tertiary alicyclic amines) is 1. The molecule has 2 fully saturated rings. The van der Waals surface area contributed by atoms with Crippen LogP contribution >= 0.6 is 0 Å². The molecule has 0 saturated carbocycles. The highest BCUT2D eigenvalue weighted by Gasteiger charge is 2.33. The summed E-state index contributed by atoms with van der Waals surface area (Å²) in [5.74, 6) is -0.247. The Kier molecular flexibility index (Phi) is 4.27. The lowest BCUT2D eigenvalue weighted by Crippen LogP contribution is -2.47. The molecule has 2 aliphatic heterocycles. The van der Waals surface area contributed by atoms with Gasteiger partial charge < -0.3 is 14.5 Å². The molecule has 2 aliphatic rings. The fraction of sp³-hybridized carbons (Fsp3) is 0.500. The second-order valence-electron chi connectivity index (χ2n) is 5.72. The third-order valence-corrected chi connectivity index (χ3v) is 4.32. The van der Waals surface area contributed by atoms with Crippen molar-refractivity contribution < 1.29 is 18.7 Å².